The first-order valence-electron chi connectivity index (χ1n) is 9.25. The molecule has 7 nitrogen and oxygen atoms in total. The van der Waals surface area contributed by atoms with Gasteiger partial charge < -0.3 is 20.5 Å². The number of thiazole rings is 1. The van der Waals surface area contributed by atoms with Crippen LogP contribution in [0.25, 0.3) is 10.2 Å². The van der Waals surface area contributed by atoms with Crippen LogP contribution in [0.1, 0.15) is 31.4 Å². The molecule has 0 bridgehead atoms. The average Bonchev–Trinajstić information content (AvgIpc) is 3.07. The van der Waals surface area contributed by atoms with Gasteiger partial charge in [0.2, 0.25) is 11.9 Å². The zero-order valence-corrected chi connectivity index (χ0v) is 16.6. The van der Waals surface area contributed by atoms with Gasteiger partial charge in [-0.15, -0.1) is 0 Å². The second-order valence-corrected chi connectivity index (χ2v) is 8.01. The Kier molecular flexibility index (Phi) is 5.35. The Balaban J connectivity index is 1.52. The first-order valence-corrected chi connectivity index (χ1v) is 10.1. The number of hydrogen-bond donors (Lipinski definition) is 2. The van der Waals surface area contributed by atoms with Gasteiger partial charge in [0.15, 0.2) is 5.13 Å². The number of rotatable bonds is 6. The Morgan fingerprint density at radius 1 is 1.34 bits per heavy atom. The zero-order chi connectivity index (χ0) is 20.4. The topological polar surface area (TPSA) is 95.2 Å². The van der Waals surface area contributed by atoms with E-state index in [1.54, 1.807) is 25.4 Å². The normalized spacial score (nSPS) is 18.5. The van der Waals surface area contributed by atoms with Crippen molar-refractivity contribution in [2.24, 2.45) is 0 Å². The molecule has 0 radical (unpaired) electrons. The summed E-state index contributed by atoms with van der Waals surface area (Å²) in [6.07, 6.45) is 2.57. The van der Waals surface area contributed by atoms with Gasteiger partial charge >= 0.3 is 0 Å². The molecule has 29 heavy (non-hydrogen) atoms. The Morgan fingerprint density at radius 3 is 2.97 bits per heavy atom. The molecule has 0 amide bonds. The van der Waals surface area contributed by atoms with Crippen LogP contribution in [0.5, 0.6) is 11.5 Å². The molecule has 1 aromatic carbocycles. The van der Waals surface area contributed by atoms with Crippen molar-refractivity contribution in [1.82, 2.24) is 15.0 Å². The quantitative estimate of drug-likeness (QED) is 0.614. The Labute approximate surface area is 170 Å². The van der Waals surface area contributed by atoms with Crippen LogP contribution in [0, 0.1) is 0 Å². The number of nitrogens with two attached hydrogens (primary N) is 1. The predicted octanol–water partition coefficient (Wildman–Crippen LogP) is 4.25. The number of aromatic nitrogens is 3. The van der Waals surface area contributed by atoms with Gasteiger partial charge in [0, 0.05) is 31.1 Å². The molecule has 3 aromatic rings. The average molecular weight is 421 g/mol. The summed E-state index contributed by atoms with van der Waals surface area (Å²) in [5, 5.41) is 3.76. The minimum atomic E-state index is -2.62. The first-order chi connectivity index (χ1) is 13.9. The van der Waals surface area contributed by atoms with Crippen molar-refractivity contribution in [2.75, 3.05) is 18.2 Å². The summed E-state index contributed by atoms with van der Waals surface area (Å²) in [6.45, 7) is 0.225. The molecule has 1 saturated carbocycles. The maximum absolute atomic E-state index is 13.7. The minimum absolute atomic E-state index is 0.0441. The van der Waals surface area contributed by atoms with Crippen LogP contribution in [-0.4, -0.2) is 34.0 Å². The number of alkyl halides is 2. The van der Waals surface area contributed by atoms with Gasteiger partial charge in [0.05, 0.1) is 17.5 Å². The molecule has 10 heteroatoms. The van der Waals surface area contributed by atoms with E-state index in [2.05, 4.69) is 20.3 Å². The second kappa shape index (κ2) is 7.94. The summed E-state index contributed by atoms with van der Waals surface area (Å²) in [5.41, 5.74) is 6.91. The Morgan fingerprint density at radius 2 is 2.21 bits per heavy atom. The first kappa shape index (κ1) is 19.6. The highest BCUT2D eigenvalue weighted by atomic mass is 32.1. The van der Waals surface area contributed by atoms with E-state index in [0.29, 0.717) is 40.7 Å². The number of nitrogens with zero attached hydrogens (tertiary/aromatic N) is 3. The van der Waals surface area contributed by atoms with Crippen LogP contribution in [-0.2, 0) is 6.61 Å². The fourth-order valence-corrected chi connectivity index (χ4v) is 4.38. The molecule has 0 spiro atoms. The van der Waals surface area contributed by atoms with E-state index in [0.717, 1.165) is 4.70 Å². The molecule has 0 saturated heterocycles. The summed E-state index contributed by atoms with van der Waals surface area (Å²) < 4.78 is 39.4. The molecule has 1 atom stereocenters. The number of methoxy groups -OCH3 is 1. The van der Waals surface area contributed by atoms with Crippen LogP contribution in [0.4, 0.5) is 19.9 Å². The van der Waals surface area contributed by atoms with Crippen LogP contribution in [0.2, 0.25) is 0 Å². The van der Waals surface area contributed by atoms with Gasteiger partial charge in [-0.1, -0.05) is 11.3 Å². The lowest BCUT2D eigenvalue weighted by Gasteiger charge is -2.29. The standard InChI is InChI=1S/C19H21F2N5O2S/c1-27-14-7-13(28-10-12-4-6-23-17(22)24-12)8-15-16(14)26-18(29-15)25-11-3-2-5-19(20,21)9-11/h4,6-8,11H,2-3,5,9-10H2,1H3,(H,25,26)(H2,22,23,24). The highest BCUT2D eigenvalue weighted by Gasteiger charge is 2.36. The molecular weight excluding hydrogens is 400 g/mol. The third-order valence-corrected chi connectivity index (χ3v) is 5.67. The van der Waals surface area contributed by atoms with E-state index >= 15 is 0 Å². The van der Waals surface area contributed by atoms with E-state index < -0.39 is 5.92 Å². The van der Waals surface area contributed by atoms with E-state index in [1.165, 1.54) is 11.3 Å². The van der Waals surface area contributed by atoms with Crippen LogP contribution in [0.3, 0.4) is 0 Å². The second-order valence-electron chi connectivity index (χ2n) is 6.98. The van der Waals surface area contributed by atoms with Gasteiger partial charge in [0.25, 0.3) is 0 Å². The summed E-state index contributed by atoms with van der Waals surface area (Å²) >= 11 is 1.39. The summed E-state index contributed by atoms with van der Waals surface area (Å²) in [7, 11) is 1.55. The van der Waals surface area contributed by atoms with Crippen molar-refractivity contribution in [3.05, 3.63) is 30.1 Å². The lowest BCUT2D eigenvalue weighted by Crippen LogP contribution is -2.34. The van der Waals surface area contributed by atoms with Crippen LogP contribution in [0.15, 0.2) is 24.4 Å². The smallest absolute Gasteiger partial charge is 0.250 e. The van der Waals surface area contributed by atoms with Crippen molar-refractivity contribution in [3.63, 3.8) is 0 Å². The monoisotopic (exact) mass is 421 g/mol. The third-order valence-electron chi connectivity index (χ3n) is 4.74. The number of fused-ring (bicyclic) bond motifs is 1. The lowest BCUT2D eigenvalue weighted by molar-refractivity contribution is -0.0373. The van der Waals surface area contributed by atoms with Crippen molar-refractivity contribution in [2.45, 2.75) is 44.3 Å². The van der Waals surface area contributed by atoms with Crippen LogP contribution >= 0.6 is 11.3 Å². The van der Waals surface area contributed by atoms with Gasteiger partial charge in [-0.3, -0.25) is 0 Å². The fourth-order valence-electron chi connectivity index (χ4n) is 3.40. The number of benzene rings is 1. The van der Waals surface area contributed by atoms with Gasteiger partial charge in [-0.25, -0.2) is 23.7 Å². The van der Waals surface area contributed by atoms with Gasteiger partial charge in [-0.05, 0) is 25.0 Å². The summed E-state index contributed by atoms with van der Waals surface area (Å²) in [5.74, 6) is -1.29. The molecule has 3 N–H and O–H groups in total. The van der Waals surface area contributed by atoms with Gasteiger partial charge in [-0.2, -0.15) is 0 Å². The molecule has 154 valence electrons. The van der Waals surface area contributed by atoms with Crippen LogP contribution < -0.4 is 20.5 Å². The highest BCUT2D eigenvalue weighted by Crippen LogP contribution is 2.39. The number of ether oxygens (including phenoxy) is 2. The van der Waals surface area contributed by atoms with Gasteiger partial charge in [0.1, 0.15) is 23.6 Å². The van der Waals surface area contributed by atoms with E-state index in [-0.39, 0.29) is 31.4 Å². The number of nitrogen functional groups attached to an aromatic ring is 1. The predicted molar refractivity (Wildman–Crippen MR) is 108 cm³/mol. The third kappa shape index (κ3) is 4.64. The number of anilines is 2. The van der Waals surface area contributed by atoms with E-state index in [4.69, 9.17) is 15.2 Å². The number of nitrogens with one attached hydrogen (secondary N) is 1. The maximum atomic E-state index is 13.7. The Hall–Kier alpha value is -2.75. The highest BCUT2D eigenvalue weighted by molar-refractivity contribution is 7.22. The fraction of sp³-hybridized carbons (Fsp3) is 0.421. The number of halogens is 2. The summed E-state index contributed by atoms with van der Waals surface area (Å²) in [4.78, 5) is 12.5. The molecule has 1 aliphatic rings. The van der Waals surface area contributed by atoms with Crippen molar-refractivity contribution in [3.8, 4) is 11.5 Å². The van der Waals surface area contributed by atoms with Crippen molar-refractivity contribution < 1.29 is 18.3 Å². The van der Waals surface area contributed by atoms with Crippen molar-refractivity contribution in [1.29, 1.82) is 0 Å². The zero-order valence-electron chi connectivity index (χ0n) is 15.8. The van der Waals surface area contributed by atoms with E-state index in [9.17, 15) is 8.78 Å². The molecular formula is C19H21F2N5O2S. The summed E-state index contributed by atoms with van der Waals surface area (Å²) in [6, 6.07) is 5.02. The molecule has 2 heterocycles. The largest absolute Gasteiger partial charge is 0.494 e. The molecule has 0 aliphatic heterocycles. The minimum Gasteiger partial charge on any atom is -0.494 e. The van der Waals surface area contributed by atoms with E-state index in [1.807, 2.05) is 6.07 Å². The molecule has 2 aromatic heterocycles. The SMILES string of the molecule is COc1cc(OCc2ccnc(N)n2)cc2sc(NC3CCCC(F)(F)C3)nc12. The number of hydrogen-bond acceptors (Lipinski definition) is 8. The maximum Gasteiger partial charge on any atom is 0.250 e. The molecule has 1 aliphatic carbocycles. The molecule has 4 rings (SSSR count). The Bertz CT molecular complexity index is 1010. The molecule has 1 fully saturated rings. The lowest BCUT2D eigenvalue weighted by atomic mass is 9.92. The molecule has 1 unspecified atom stereocenters. The van der Waals surface area contributed by atoms with Crippen molar-refractivity contribution >= 4 is 32.6 Å².